The third kappa shape index (κ3) is 3.28. The number of esters is 1. The molecule has 2 rings (SSSR count). The summed E-state index contributed by atoms with van der Waals surface area (Å²) in [6.45, 7) is 4.21. The van der Waals surface area contributed by atoms with Crippen LogP contribution in [0, 0.1) is 13.8 Å². The number of carbonyl (C=O) groups excluding carboxylic acids is 1. The summed E-state index contributed by atoms with van der Waals surface area (Å²) in [5.41, 5.74) is 0.351. The summed E-state index contributed by atoms with van der Waals surface area (Å²) in [6, 6.07) is 0. The molecule has 2 heterocycles. The van der Waals surface area contributed by atoms with Gasteiger partial charge in [0.05, 0.1) is 7.11 Å². The van der Waals surface area contributed by atoms with E-state index in [1.54, 1.807) is 6.92 Å². The van der Waals surface area contributed by atoms with Gasteiger partial charge in [0.2, 0.25) is 5.89 Å². The molecule has 102 valence electrons. The van der Waals surface area contributed by atoms with Crippen molar-refractivity contribution in [3.8, 4) is 0 Å². The maximum absolute atomic E-state index is 11.4. The van der Waals surface area contributed by atoms with Crippen LogP contribution >= 0.6 is 11.3 Å². The highest BCUT2D eigenvalue weighted by Crippen LogP contribution is 2.22. The maximum Gasteiger partial charge on any atom is 0.357 e. The quantitative estimate of drug-likeness (QED) is 0.832. The van der Waals surface area contributed by atoms with Crippen molar-refractivity contribution >= 4 is 22.4 Å². The van der Waals surface area contributed by atoms with Gasteiger partial charge in [0.25, 0.3) is 0 Å². The van der Waals surface area contributed by atoms with Crippen molar-refractivity contribution < 1.29 is 14.1 Å². The van der Waals surface area contributed by atoms with Gasteiger partial charge >= 0.3 is 5.97 Å². The van der Waals surface area contributed by atoms with Crippen molar-refractivity contribution in [2.24, 2.45) is 0 Å². The number of nitrogens with zero attached hydrogens (tertiary/aromatic N) is 3. The first-order valence-electron chi connectivity index (χ1n) is 5.69. The molecule has 0 fully saturated rings. The van der Waals surface area contributed by atoms with Crippen LogP contribution in [0.2, 0.25) is 0 Å². The average Bonchev–Trinajstić information content (AvgIpc) is 2.95. The van der Waals surface area contributed by atoms with Gasteiger partial charge in [-0.05, 0) is 13.8 Å². The summed E-state index contributed by atoms with van der Waals surface area (Å²) >= 11 is 1.41. The maximum atomic E-state index is 11.4. The fourth-order valence-corrected chi connectivity index (χ4v) is 2.30. The lowest BCUT2D eigenvalue weighted by Crippen LogP contribution is -2.06. The Morgan fingerprint density at radius 2 is 2.21 bits per heavy atom. The first kappa shape index (κ1) is 13.5. The van der Waals surface area contributed by atoms with Crippen LogP contribution in [0.4, 0.5) is 5.13 Å². The number of rotatable bonds is 5. The van der Waals surface area contributed by atoms with Crippen LogP contribution in [-0.4, -0.2) is 34.7 Å². The van der Waals surface area contributed by atoms with E-state index in [0.29, 0.717) is 35.5 Å². The van der Waals surface area contributed by atoms with Crippen molar-refractivity contribution in [1.29, 1.82) is 0 Å². The van der Waals surface area contributed by atoms with Crippen LogP contribution < -0.4 is 5.32 Å². The Balaban J connectivity index is 1.91. The van der Waals surface area contributed by atoms with E-state index in [1.807, 2.05) is 6.92 Å². The lowest BCUT2D eigenvalue weighted by molar-refractivity contribution is 0.0594. The number of carbonyl (C=O) groups is 1. The van der Waals surface area contributed by atoms with Gasteiger partial charge in [-0.1, -0.05) is 5.16 Å². The van der Waals surface area contributed by atoms with Gasteiger partial charge in [0.1, 0.15) is 0 Å². The second-order valence-electron chi connectivity index (χ2n) is 3.83. The lowest BCUT2D eigenvalue weighted by Gasteiger charge is -1.98. The zero-order valence-corrected chi connectivity index (χ0v) is 11.7. The van der Waals surface area contributed by atoms with Gasteiger partial charge in [-0.15, -0.1) is 11.3 Å². The number of nitrogens with one attached hydrogen (secondary N) is 1. The number of methoxy groups -OCH3 is 1. The minimum atomic E-state index is -0.422. The minimum Gasteiger partial charge on any atom is -0.464 e. The molecule has 0 unspecified atom stereocenters. The van der Waals surface area contributed by atoms with E-state index in [0.717, 1.165) is 4.88 Å². The Kier molecular flexibility index (Phi) is 4.10. The summed E-state index contributed by atoms with van der Waals surface area (Å²) in [5.74, 6) is 0.772. The van der Waals surface area contributed by atoms with Crippen LogP contribution in [0.5, 0.6) is 0 Å². The number of anilines is 1. The highest BCUT2D eigenvalue weighted by Gasteiger charge is 2.15. The van der Waals surface area contributed by atoms with E-state index in [-0.39, 0.29) is 0 Å². The predicted molar refractivity (Wildman–Crippen MR) is 69.4 cm³/mol. The van der Waals surface area contributed by atoms with Gasteiger partial charge in [-0.2, -0.15) is 4.98 Å². The molecule has 8 heteroatoms. The van der Waals surface area contributed by atoms with Gasteiger partial charge in [0.15, 0.2) is 16.6 Å². The van der Waals surface area contributed by atoms with E-state index in [4.69, 9.17) is 4.52 Å². The molecular formula is C11H14N4O3S. The second kappa shape index (κ2) is 5.79. The summed E-state index contributed by atoms with van der Waals surface area (Å²) in [6.07, 6.45) is 0.604. The fraction of sp³-hybridized carbons (Fsp3) is 0.455. The van der Waals surface area contributed by atoms with E-state index in [9.17, 15) is 4.79 Å². The molecule has 0 saturated carbocycles. The van der Waals surface area contributed by atoms with E-state index >= 15 is 0 Å². The van der Waals surface area contributed by atoms with Crippen LogP contribution in [0.3, 0.4) is 0 Å². The molecule has 2 aromatic rings. The molecule has 0 atom stereocenters. The topological polar surface area (TPSA) is 90.1 Å². The van der Waals surface area contributed by atoms with Gasteiger partial charge in [0, 0.05) is 17.8 Å². The third-order valence-electron chi connectivity index (χ3n) is 2.36. The van der Waals surface area contributed by atoms with Crippen LogP contribution in [-0.2, 0) is 11.2 Å². The number of aryl methyl sites for hydroxylation is 2. The van der Waals surface area contributed by atoms with Crippen molar-refractivity contribution in [3.63, 3.8) is 0 Å². The zero-order valence-electron chi connectivity index (χ0n) is 10.9. The Morgan fingerprint density at radius 1 is 1.42 bits per heavy atom. The summed E-state index contributed by atoms with van der Waals surface area (Å²) in [7, 11) is 1.34. The molecule has 1 N–H and O–H groups in total. The fourth-order valence-electron chi connectivity index (χ4n) is 1.48. The van der Waals surface area contributed by atoms with Crippen molar-refractivity contribution in [2.75, 3.05) is 19.0 Å². The SMILES string of the molecule is COC(=O)c1nc(NCCc2nc(C)no2)sc1C. The molecule has 2 aromatic heterocycles. The molecule has 0 saturated heterocycles. The molecule has 19 heavy (non-hydrogen) atoms. The van der Waals surface area contributed by atoms with Crippen molar-refractivity contribution in [1.82, 2.24) is 15.1 Å². The van der Waals surface area contributed by atoms with Gasteiger partial charge in [-0.25, -0.2) is 9.78 Å². The smallest absolute Gasteiger partial charge is 0.357 e. The third-order valence-corrected chi connectivity index (χ3v) is 3.29. The van der Waals surface area contributed by atoms with Crippen LogP contribution in [0.25, 0.3) is 0 Å². The molecule has 0 amide bonds. The molecule has 0 radical (unpaired) electrons. The summed E-state index contributed by atoms with van der Waals surface area (Å²) < 4.78 is 9.65. The van der Waals surface area contributed by atoms with Crippen LogP contribution in [0.15, 0.2) is 4.52 Å². The minimum absolute atomic E-state index is 0.351. The molecule has 0 spiro atoms. The summed E-state index contributed by atoms with van der Waals surface area (Å²) in [4.78, 5) is 20.5. The highest BCUT2D eigenvalue weighted by atomic mass is 32.1. The molecule has 0 bridgehead atoms. The van der Waals surface area contributed by atoms with Crippen molar-refractivity contribution in [3.05, 3.63) is 22.3 Å². The van der Waals surface area contributed by atoms with Crippen molar-refractivity contribution in [2.45, 2.75) is 20.3 Å². The largest absolute Gasteiger partial charge is 0.464 e. The molecule has 7 nitrogen and oxygen atoms in total. The number of ether oxygens (including phenoxy) is 1. The molecule has 0 aliphatic carbocycles. The van der Waals surface area contributed by atoms with Gasteiger partial charge < -0.3 is 14.6 Å². The summed E-state index contributed by atoms with van der Waals surface area (Å²) in [5, 5.41) is 7.50. The first-order valence-corrected chi connectivity index (χ1v) is 6.50. The second-order valence-corrected chi connectivity index (χ2v) is 5.03. The first-order chi connectivity index (χ1) is 9.10. The normalized spacial score (nSPS) is 10.5. The van der Waals surface area contributed by atoms with E-state index < -0.39 is 5.97 Å². The molecule has 0 aromatic carbocycles. The molecule has 0 aliphatic heterocycles. The average molecular weight is 282 g/mol. The Morgan fingerprint density at radius 3 is 2.84 bits per heavy atom. The monoisotopic (exact) mass is 282 g/mol. The van der Waals surface area contributed by atoms with Crippen LogP contribution in [0.1, 0.15) is 27.1 Å². The number of hydrogen-bond acceptors (Lipinski definition) is 8. The number of aromatic nitrogens is 3. The molecule has 0 aliphatic rings. The van der Waals surface area contributed by atoms with E-state index in [1.165, 1.54) is 18.4 Å². The lowest BCUT2D eigenvalue weighted by atomic mass is 10.4. The Bertz CT molecular complexity index is 578. The zero-order chi connectivity index (χ0) is 13.8. The molecular weight excluding hydrogens is 268 g/mol. The number of hydrogen-bond donors (Lipinski definition) is 1. The van der Waals surface area contributed by atoms with Gasteiger partial charge in [-0.3, -0.25) is 0 Å². The standard InChI is InChI=1S/C11H14N4O3S/c1-6-9(10(16)17-3)14-11(19-6)12-5-4-8-13-7(2)15-18-8/h4-5H2,1-3H3,(H,12,14). The predicted octanol–water partition coefficient (Wildman–Crippen LogP) is 1.58. The Hall–Kier alpha value is -1.96. The highest BCUT2D eigenvalue weighted by molar-refractivity contribution is 7.15. The van der Waals surface area contributed by atoms with E-state index in [2.05, 4.69) is 25.2 Å². The Labute approximate surface area is 114 Å². The number of thiazole rings is 1.